The Hall–Kier alpha value is -2.27. The Morgan fingerprint density at radius 3 is 2.42 bits per heavy atom. The van der Waals surface area contributed by atoms with Gasteiger partial charge in [-0.05, 0) is 48.9 Å². The van der Waals surface area contributed by atoms with Crippen LogP contribution in [0.5, 0.6) is 0 Å². The Labute approximate surface area is 145 Å². The molecule has 1 N–H and O–H groups in total. The maximum atomic E-state index is 12.9. The molecule has 0 bridgehead atoms. The number of amides is 2. The molecule has 1 aliphatic rings. The predicted octanol–water partition coefficient (Wildman–Crippen LogP) is 4.14. The van der Waals surface area contributed by atoms with Crippen molar-refractivity contribution in [3.8, 4) is 0 Å². The molecule has 3 rings (SSSR count). The lowest BCUT2D eigenvalue weighted by Crippen LogP contribution is -2.50. The van der Waals surface area contributed by atoms with Crippen LogP contribution >= 0.6 is 11.6 Å². The second-order valence-corrected chi connectivity index (χ2v) is 6.20. The summed E-state index contributed by atoms with van der Waals surface area (Å²) in [6.45, 7) is 4.75. The first-order valence-electron chi connectivity index (χ1n) is 7.86. The molecule has 2 aromatic carbocycles. The minimum Gasteiger partial charge on any atom is -0.368 e. The van der Waals surface area contributed by atoms with E-state index in [1.807, 2.05) is 19.1 Å². The summed E-state index contributed by atoms with van der Waals surface area (Å²) in [6.07, 6.45) is 0. The highest BCUT2D eigenvalue weighted by molar-refractivity contribution is 6.31. The van der Waals surface area contributed by atoms with Crippen LogP contribution in [0.4, 0.5) is 20.6 Å². The number of hydrogen-bond acceptors (Lipinski definition) is 2. The highest BCUT2D eigenvalue weighted by Gasteiger charge is 2.22. The zero-order chi connectivity index (χ0) is 17.1. The van der Waals surface area contributed by atoms with E-state index in [-0.39, 0.29) is 11.8 Å². The van der Waals surface area contributed by atoms with Gasteiger partial charge in [0, 0.05) is 42.6 Å². The van der Waals surface area contributed by atoms with Crippen LogP contribution in [0, 0.1) is 12.7 Å². The molecule has 1 fully saturated rings. The van der Waals surface area contributed by atoms with Crippen LogP contribution in [-0.2, 0) is 0 Å². The number of halogens is 2. The van der Waals surface area contributed by atoms with Gasteiger partial charge in [0.25, 0.3) is 0 Å². The van der Waals surface area contributed by atoms with Crippen molar-refractivity contribution in [2.45, 2.75) is 6.92 Å². The lowest BCUT2D eigenvalue weighted by atomic mass is 10.1. The van der Waals surface area contributed by atoms with Crippen molar-refractivity contribution in [3.05, 3.63) is 58.9 Å². The largest absolute Gasteiger partial charge is 0.368 e. The third kappa shape index (κ3) is 3.62. The monoisotopic (exact) mass is 347 g/mol. The van der Waals surface area contributed by atoms with Crippen LogP contribution in [0.25, 0.3) is 0 Å². The normalized spacial score (nSPS) is 14.6. The molecular formula is C18H19ClFN3O. The summed E-state index contributed by atoms with van der Waals surface area (Å²) < 4.78 is 12.9. The Bertz CT molecular complexity index is 728. The summed E-state index contributed by atoms with van der Waals surface area (Å²) >= 11 is 6.19. The molecular weight excluding hydrogens is 329 g/mol. The van der Waals surface area contributed by atoms with Gasteiger partial charge in [-0.2, -0.15) is 0 Å². The molecule has 1 aliphatic heterocycles. The smallest absolute Gasteiger partial charge is 0.321 e. The Kier molecular flexibility index (Phi) is 4.90. The molecule has 126 valence electrons. The highest BCUT2D eigenvalue weighted by Crippen LogP contribution is 2.27. The minimum absolute atomic E-state index is 0.163. The summed E-state index contributed by atoms with van der Waals surface area (Å²) in [6, 6.07) is 11.5. The third-order valence-electron chi connectivity index (χ3n) is 4.24. The van der Waals surface area contributed by atoms with Crippen LogP contribution in [0.3, 0.4) is 0 Å². The number of anilines is 2. The van der Waals surface area contributed by atoms with Crippen molar-refractivity contribution >= 4 is 29.0 Å². The Morgan fingerprint density at radius 1 is 1.08 bits per heavy atom. The van der Waals surface area contributed by atoms with E-state index in [4.69, 9.17) is 11.6 Å². The van der Waals surface area contributed by atoms with E-state index in [1.165, 1.54) is 12.1 Å². The summed E-state index contributed by atoms with van der Waals surface area (Å²) in [4.78, 5) is 16.3. The standard InChI is InChI=1S/C18H19ClFN3O/c1-13-16(19)3-2-4-17(13)22-9-11-23(12-10-22)18(24)21-15-7-5-14(20)6-8-15/h2-8H,9-12H2,1H3,(H,21,24). The second-order valence-electron chi connectivity index (χ2n) is 5.80. The van der Waals surface area contributed by atoms with Crippen LogP contribution in [0.1, 0.15) is 5.56 Å². The maximum Gasteiger partial charge on any atom is 0.321 e. The number of nitrogens with one attached hydrogen (secondary N) is 1. The number of rotatable bonds is 2. The molecule has 0 saturated carbocycles. The first-order chi connectivity index (χ1) is 11.5. The van der Waals surface area contributed by atoms with E-state index in [1.54, 1.807) is 17.0 Å². The molecule has 2 aromatic rings. The molecule has 4 nitrogen and oxygen atoms in total. The number of piperazine rings is 1. The van der Waals surface area contributed by atoms with Gasteiger partial charge in [-0.3, -0.25) is 0 Å². The Balaban J connectivity index is 1.59. The third-order valence-corrected chi connectivity index (χ3v) is 4.65. The molecule has 24 heavy (non-hydrogen) atoms. The van der Waals surface area contributed by atoms with Gasteiger partial charge in [0.2, 0.25) is 0 Å². The summed E-state index contributed by atoms with van der Waals surface area (Å²) in [5.74, 6) is -0.321. The van der Waals surface area contributed by atoms with E-state index in [0.29, 0.717) is 18.8 Å². The van der Waals surface area contributed by atoms with Gasteiger partial charge in [-0.1, -0.05) is 17.7 Å². The van der Waals surface area contributed by atoms with E-state index in [2.05, 4.69) is 16.3 Å². The molecule has 2 amide bonds. The molecule has 1 heterocycles. The van der Waals surface area contributed by atoms with Crippen LogP contribution < -0.4 is 10.2 Å². The van der Waals surface area contributed by atoms with Gasteiger partial charge in [-0.15, -0.1) is 0 Å². The second kappa shape index (κ2) is 7.09. The summed E-state index contributed by atoms with van der Waals surface area (Å²) in [5, 5.41) is 3.55. The fraction of sp³-hybridized carbons (Fsp3) is 0.278. The quantitative estimate of drug-likeness (QED) is 0.886. The summed E-state index contributed by atoms with van der Waals surface area (Å²) in [5.41, 5.74) is 2.76. The topological polar surface area (TPSA) is 35.6 Å². The van der Waals surface area contributed by atoms with Crippen molar-refractivity contribution < 1.29 is 9.18 Å². The average molecular weight is 348 g/mol. The summed E-state index contributed by atoms with van der Waals surface area (Å²) in [7, 11) is 0. The molecule has 0 radical (unpaired) electrons. The molecule has 6 heteroatoms. The zero-order valence-corrected chi connectivity index (χ0v) is 14.2. The van der Waals surface area contributed by atoms with Crippen LogP contribution in [-0.4, -0.2) is 37.1 Å². The zero-order valence-electron chi connectivity index (χ0n) is 13.4. The van der Waals surface area contributed by atoms with Crippen molar-refractivity contribution in [2.24, 2.45) is 0 Å². The SMILES string of the molecule is Cc1c(Cl)cccc1N1CCN(C(=O)Nc2ccc(F)cc2)CC1. The average Bonchev–Trinajstić information content (AvgIpc) is 2.59. The van der Waals surface area contributed by atoms with Crippen molar-refractivity contribution in [1.82, 2.24) is 4.90 Å². The number of benzene rings is 2. The van der Waals surface area contributed by atoms with Crippen LogP contribution in [0.2, 0.25) is 5.02 Å². The van der Waals surface area contributed by atoms with Gasteiger partial charge >= 0.3 is 6.03 Å². The fourth-order valence-corrected chi connectivity index (χ4v) is 2.99. The minimum atomic E-state index is -0.321. The van der Waals surface area contributed by atoms with Gasteiger partial charge < -0.3 is 15.1 Å². The number of carbonyl (C=O) groups is 1. The highest BCUT2D eigenvalue weighted by atomic mass is 35.5. The van der Waals surface area contributed by atoms with E-state index in [9.17, 15) is 9.18 Å². The van der Waals surface area contributed by atoms with Gasteiger partial charge in [0.05, 0.1) is 0 Å². The molecule has 0 unspecified atom stereocenters. The molecule has 0 aliphatic carbocycles. The number of hydrogen-bond donors (Lipinski definition) is 1. The van der Waals surface area contributed by atoms with Gasteiger partial charge in [0.1, 0.15) is 5.82 Å². The number of nitrogens with zero attached hydrogens (tertiary/aromatic N) is 2. The number of carbonyl (C=O) groups excluding carboxylic acids is 1. The van der Waals surface area contributed by atoms with Gasteiger partial charge in [0.15, 0.2) is 0 Å². The molecule has 1 saturated heterocycles. The first kappa shape index (κ1) is 16.6. The molecule has 0 aromatic heterocycles. The lowest BCUT2D eigenvalue weighted by molar-refractivity contribution is 0.208. The van der Waals surface area contributed by atoms with Crippen molar-refractivity contribution in [3.63, 3.8) is 0 Å². The van der Waals surface area contributed by atoms with Crippen molar-refractivity contribution in [1.29, 1.82) is 0 Å². The predicted molar refractivity (Wildman–Crippen MR) is 95.4 cm³/mol. The van der Waals surface area contributed by atoms with E-state index in [0.717, 1.165) is 29.4 Å². The van der Waals surface area contributed by atoms with Gasteiger partial charge in [-0.25, -0.2) is 9.18 Å². The maximum absolute atomic E-state index is 12.9. The van der Waals surface area contributed by atoms with Crippen molar-refractivity contribution in [2.75, 3.05) is 36.4 Å². The molecule has 0 atom stereocenters. The van der Waals surface area contributed by atoms with E-state index >= 15 is 0 Å². The fourth-order valence-electron chi connectivity index (χ4n) is 2.82. The number of urea groups is 1. The van der Waals surface area contributed by atoms with Crippen LogP contribution in [0.15, 0.2) is 42.5 Å². The Morgan fingerprint density at radius 2 is 1.75 bits per heavy atom. The molecule has 0 spiro atoms. The first-order valence-corrected chi connectivity index (χ1v) is 8.24. The van der Waals surface area contributed by atoms with E-state index < -0.39 is 0 Å². The lowest BCUT2D eigenvalue weighted by Gasteiger charge is -2.36.